The molecule has 0 spiro atoms. The topological polar surface area (TPSA) is 51.0 Å². The van der Waals surface area contributed by atoms with E-state index in [0.29, 0.717) is 12.1 Å². The summed E-state index contributed by atoms with van der Waals surface area (Å²) in [6.45, 7) is 2.38. The second kappa shape index (κ2) is 7.56. The maximum atomic E-state index is 13.9. The van der Waals surface area contributed by atoms with E-state index in [4.69, 9.17) is 0 Å². The Hall–Kier alpha value is -2.24. The van der Waals surface area contributed by atoms with Crippen molar-refractivity contribution in [1.82, 2.24) is 19.7 Å². The number of hydrogen-bond donors (Lipinski definition) is 0. The molecule has 0 bridgehead atoms. The van der Waals surface area contributed by atoms with Crippen LogP contribution in [0.3, 0.4) is 0 Å². The first-order valence-corrected chi connectivity index (χ1v) is 9.65. The first-order valence-electron chi connectivity index (χ1n) is 9.65. The number of fused-ring (bicyclic) bond motifs is 1. The number of hydrogen-bond acceptors (Lipinski definition) is 3. The summed E-state index contributed by atoms with van der Waals surface area (Å²) < 4.78 is 16.1. The summed E-state index contributed by atoms with van der Waals surface area (Å²) in [7, 11) is 0. The Labute approximate surface area is 153 Å². The fourth-order valence-corrected chi connectivity index (χ4v) is 4.14. The highest BCUT2D eigenvalue weighted by Crippen LogP contribution is 2.28. The molecule has 4 rings (SSSR count). The van der Waals surface area contributed by atoms with E-state index in [0.717, 1.165) is 44.0 Å². The average Bonchev–Trinajstić information content (AvgIpc) is 2.92. The van der Waals surface area contributed by atoms with Crippen molar-refractivity contribution < 1.29 is 9.18 Å². The molecule has 1 fully saturated rings. The lowest BCUT2D eigenvalue weighted by Gasteiger charge is -2.32. The summed E-state index contributed by atoms with van der Waals surface area (Å²) in [6.07, 6.45) is 6.68. The molecule has 26 heavy (non-hydrogen) atoms. The molecule has 138 valence electrons. The van der Waals surface area contributed by atoms with Gasteiger partial charge in [0.2, 0.25) is 5.91 Å². The minimum atomic E-state index is -0.308. The summed E-state index contributed by atoms with van der Waals surface area (Å²) >= 11 is 0. The molecule has 2 aromatic rings. The minimum absolute atomic E-state index is 0.00425. The van der Waals surface area contributed by atoms with Gasteiger partial charge in [-0.25, -0.2) is 4.39 Å². The molecule has 0 aliphatic carbocycles. The molecule has 3 heterocycles. The number of aryl methyl sites for hydroxylation is 1. The van der Waals surface area contributed by atoms with Crippen LogP contribution < -0.4 is 0 Å². The third kappa shape index (κ3) is 3.50. The number of carbonyl (C=O) groups is 1. The number of rotatable bonds is 3. The molecule has 1 aromatic carbocycles. The highest BCUT2D eigenvalue weighted by atomic mass is 19.1. The predicted octanol–water partition coefficient (Wildman–Crippen LogP) is 3.09. The van der Waals surface area contributed by atoms with Crippen LogP contribution in [0, 0.1) is 5.82 Å². The number of likely N-dealkylation sites (tertiary alicyclic amines) is 1. The van der Waals surface area contributed by atoms with E-state index in [2.05, 4.69) is 14.8 Å². The Morgan fingerprint density at radius 3 is 2.88 bits per heavy atom. The van der Waals surface area contributed by atoms with Crippen molar-refractivity contribution >= 4 is 5.91 Å². The van der Waals surface area contributed by atoms with Crippen LogP contribution in [0.2, 0.25) is 0 Å². The second-order valence-electron chi connectivity index (χ2n) is 7.38. The molecule has 0 saturated carbocycles. The molecule has 1 unspecified atom stereocenters. The highest BCUT2D eigenvalue weighted by molar-refractivity contribution is 5.79. The minimum Gasteiger partial charge on any atom is -0.342 e. The van der Waals surface area contributed by atoms with E-state index in [1.807, 2.05) is 4.90 Å². The number of halogens is 1. The molecular formula is C20H25FN4O. The Balaban J connectivity index is 1.47. The van der Waals surface area contributed by atoms with Gasteiger partial charge in [0.05, 0.1) is 6.42 Å². The van der Waals surface area contributed by atoms with Crippen LogP contribution in [0.25, 0.3) is 0 Å². The van der Waals surface area contributed by atoms with E-state index < -0.39 is 0 Å². The summed E-state index contributed by atoms with van der Waals surface area (Å²) in [5.41, 5.74) is 0.468. The van der Waals surface area contributed by atoms with E-state index in [1.165, 1.54) is 25.3 Å². The van der Waals surface area contributed by atoms with Gasteiger partial charge in [-0.15, -0.1) is 10.2 Å². The predicted molar refractivity (Wildman–Crippen MR) is 96.2 cm³/mol. The van der Waals surface area contributed by atoms with Gasteiger partial charge in [-0.05, 0) is 37.3 Å². The fourth-order valence-electron chi connectivity index (χ4n) is 4.14. The summed E-state index contributed by atoms with van der Waals surface area (Å²) in [5, 5.41) is 8.87. The smallest absolute Gasteiger partial charge is 0.227 e. The normalized spacial score (nSPS) is 20.5. The van der Waals surface area contributed by atoms with E-state index in [-0.39, 0.29) is 24.1 Å². The van der Waals surface area contributed by atoms with Gasteiger partial charge in [-0.3, -0.25) is 4.79 Å². The number of aromatic nitrogens is 3. The van der Waals surface area contributed by atoms with E-state index in [9.17, 15) is 9.18 Å². The maximum Gasteiger partial charge on any atom is 0.227 e. The molecule has 1 atom stereocenters. The Morgan fingerprint density at radius 2 is 2.00 bits per heavy atom. The number of piperidine rings is 1. The lowest BCUT2D eigenvalue weighted by Crippen LogP contribution is -2.40. The zero-order chi connectivity index (χ0) is 17.9. The van der Waals surface area contributed by atoms with Crippen LogP contribution in [0.15, 0.2) is 24.3 Å². The van der Waals surface area contributed by atoms with Crippen molar-refractivity contribution in [2.75, 3.05) is 13.1 Å². The summed E-state index contributed by atoms with van der Waals surface area (Å²) in [4.78, 5) is 14.6. The molecule has 2 aliphatic heterocycles. The number of nitrogens with zero attached hydrogens (tertiary/aromatic N) is 4. The Kier molecular flexibility index (Phi) is 5.00. The monoisotopic (exact) mass is 356 g/mol. The highest BCUT2D eigenvalue weighted by Gasteiger charge is 2.29. The van der Waals surface area contributed by atoms with Crippen LogP contribution >= 0.6 is 0 Å². The van der Waals surface area contributed by atoms with Crippen LogP contribution in [0.1, 0.15) is 55.2 Å². The fraction of sp³-hybridized carbons (Fsp3) is 0.550. The van der Waals surface area contributed by atoms with Gasteiger partial charge < -0.3 is 9.47 Å². The van der Waals surface area contributed by atoms with Crippen molar-refractivity contribution in [3.63, 3.8) is 0 Å². The quantitative estimate of drug-likeness (QED) is 0.849. The van der Waals surface area contributed by atoms with E-state index in [1.54, 1.807) is 18.2 Å². The number of amides is 1. The van der Waals surface area contributed by atoms with E-state index >= 15 is 0 Å². The first kappa shape index (κ1) is 17.2. The van der Waals surface area contributed by atoms with Crippen molar-refractivity contribution in [3.8, 4) is 0 Å². The summed E-state index contributed by atoms with van der Waals surface area (Å²) in [5.74, 6) is 2.04. The van der Waals surface area contributed by atoms with Gasteiger partial charge in [0.25, 0.3) is 0 Å². The zero-order valence-electron chi connectivity index (χ0n) is 15.0. The van der Waals surface area contributed by atoms with Crippen molar-refractivity contribution in [1.29, 1.82) is 0 Å². The molecule has 2 aliphatic rings. The lowest BCUT2D eigenvalue weighted by molar-refractivity contribution is -0.131. The molecule has 0 radical (unpaired) electrons. The standard InChI is InChI=1S/C20H25FN4O/c21-17-9-4-3-7-15(17)13-19(26)24-11-6-8-16(14-24)20-23-22-18-10-2-1-5-12-25(18)20/h3-4,7,9,16H,1-2,5-6,8,10-14H2. The van der Waals surface area contributed by atoms with Gasteiger partial charge in [-0.1, -0.05) is 24.6 Å². The molecule has 5 nitrogen and oxygen atoms in total. The molecule has 1 amide bonds. The Morgan fingerprint density at radius 1 is 1.12 bits per heavy atom. The zero-order valence-corrected chi connectivity index (χ0v) is 15.0. The number of carbonyl (C=O) groups excluding carboxylic acids is 1. The molecule has 6 heteroatoms. The molecule has 1 aromatic heterocycles. The van der Waals surface area contributed by atoms with Crippen LogP contribution in [0.5, 0.6) is 0 Å². The summed E-state index contributed by atoms with van der Waals surface area (Å²) in [6, 6.07) is 6.52. The SMILES string of the molecule is O=C(Cc1ccccc1F)N1CCCC(c2nnc3n2CCCCC3)C1. The Bertz CT molecular complexity index is 788. The van der Waals surface area contributed by atoms with Crippen molar-refractivity contribution in [2.45, 2.75) is 57.4 Å². The third-order valence-corrected chi connectivity index (χ3v) is 5.58. The molecule has 1 saturated heterocycles. The van der Waals surface area contributed by atoms with Gasteiger partial charge in [-0.2, -0.15) is 0 Å². The lowest BCUT2D eigenvalue weighted by atomic mass is 9.96. The van der Waals surface area contributed by atoms with Crippen molar-refractivity contribution in [2.24, 2.45) is 0 Å². The molecule has 0 N–H and O–H groups in total. The second-order valence-corrected chi connectivity index (χ2v) is 7.38. The van der Waals surface area contributed by atoms with Crippen LogP contribution in [-0.2, 0) is 24.2 Å². The van der Waals surface area contributed by atoms with Gasteiger partial charge in [0.1, 0.15) is 17.5 Å². The van der Waals surface area contributed by atoms with Crippen LogP contribution in [-0.4, -0.2) is 38.7 Å². The average molecular weight is 356 g/mol. The third-order valence-electron chi connectivity index (χ3n) is 5.58. The largest absolute Gasteiger partial charge is 0.342 e. The van der Waals surface area contributed by atoms with Crippen LogP contribution in [0.4, 0.5) is 4.39 Å². The maximum absolute atomic E-state index is 13.9. The van der Waals surface area contributed by atoms with Gasteiger partial charge in [0, 0.05) is 32.0 Å². The molecular weight excluding hydrogens is 331 g/mol. The first-order chi connectivity index (χ1) is 12.7. The van der Waals surface area contributed by atoms with Gasteiger partial charge in [0.15, 0.2) is 0 Å². The van der Waals surface area contributed by atoms with Crippen molar-refractivity contribution in [3.05, 3.63) is 47.3 Å². The number of benzene rings is 1. The van der Waals surface area contributed by atoms with Gasteiger partial charge >= 0.3 is 0 Å².